The Morgan fingerprint density at radius 2 is 2.04 bits per heavy atom. The van der Waals surface area contributed by atoms with E-state index >= 15 is 0 Å². The second kappa shape index (κ2) is 7.70. The summed E-state index contributed by atoms with van der Waals surface area (Å²) < 4.78 is 54.6. The summed E-state index contributed by atoms with van der Waals surface area (Å²) in [6, 6.07) is 0. The maximum Gasteiger partial charge on any atom is 0.426 e. The maximum absolute atomic E-state index is 14.7. The fourth-order valence-corrected chi connectivity index (χ4v) is 4.40. The molecular weight excluding hydrogens is 395 g/mol. The molecule has 0 spiro atoms. The predicted molar refractivity (Wildman–Crippen MR) is 96.9 cm³/mol. The molecule has 2 atom stereocenters. The van der Waals surface area contributed by atoms with Gasteiger partial charge in [0.1, 0.15) is 11.4 Å². The Morgan fingerprint density at radius 1 is 1.39 bits per heavy atom. The molecule has 1 aliphatic carbocycles. The molecule has 0 radical (unpaired) electrons. The highest BCUT2D eigenvalue weighted by Gasteiger charge is 2.58. The molecular formula is C17H25FN2O7S. The van der Waals surface area contributed by atoms with Crippen molar-refractivity contribution in [2.24, 2.45) is 5.92 Å². The van der Waals surface area contributed by atoms with Crippen LogP contribution in [0.5, 0.6) is 0 Å². The molecule has 0 saturated carbocycles. The summed E-state index contributed by atoms with van der Waals surface area (Å²) in [5.74, 6) is -1.73. The number of alkyl carbamates (subject to hydrolysis) is 1. The molecule has 0 bridgehead atoms. The fraction of sp³-hybridized carbons (Fsp3) is 0.647. The lowest BCUT2D eigenvalue weighted by Crippen LogP contribution is -2.55. The lowest BCUT2D eigenvalue weighted by atomic mass is 9.80. The smallest absolute Gasteiger partial charge is 0.426 e. The molecule has 1 heterocycles. The first kappa shape index (κ1) is 22.2. The third-order valence-corrected chi connectivity index (χ3v) is 5.67. The zero-order chi connectivity index (χ0) is 21.3. The van der Waals surface area contributed by atoms with Gasteiger partial charge in [0, 0.05) is 11.6 Å². The molecule has 0 aromatic rings. The van der Waals surface area contributed by atoms with Crippen molar-refractivity contribution in [3.63, 3.8) is 0 Å². The quantitative estimate of drug-likeness (QED) is 0.747. The standard InChI is InChI=1S/C17H25FN2O7S/c1-6-25-14(21)19-11-7-8-13(18)12(9-11)17(5)10-26-28(23,24)20(17)15(22)27-16(2,3)4/h7-8,12H,6,9-10H2,1-5H3,(H,19,21). The van der Waals surface area contributed by atoms with Gasteiger partial charge < -0.3 is 9.47 Å². The molecule has 1 aliphatic heterocycles. The van der Waals surface area contributed by atoms with Crippen molar-refractivity contribution in [1.82, 2.24) is 9.62 Å². The van der Waals surface area contributed by atoms with Crippen LogP contribution >= 0.6 is 0 Å². The summed E-state index contributed by atoms with van der Waals surface area (Å²) in [7, 11) is -4.45. The van der Waals surface area contributed by atoms with Gasteiger partial charge in [0.25, 0.3) is 0 Å². The minimum Gasteiger partial charge on any atom is -0.450 e. The van der Waals surface area contributed by atoms with Crippen molar-refractivity contribution in [3.8, 4) is 0 Å². The SMILES string of the molecule is CCOC(=O)NC1=CC=C(F)C(C2(C)COS(=O)(=O)N2C(=O)OC(C)(C)C)C1. The Labute approximate surface area is 163 Å². The first-order chi connectivity index (χ1) is 12.8. The van der Waals surface area contributed by atoms with Crippen molar-refractivity contribution in [2.45, 2.75) is 52.2 Å². The number of nitrogens with zero attached hydrogens (tertiary/aromatic N) is 1. The lowest BCUT2D eigenvalue weighted by Gasteiger charge is -2.38. The van der Waals surface area contributed by atoms with E-state index < -0.39 is 52.0 Å². The van der Waals surface area contributed by atoms with Crippen molar-refractivity contribution in [1.29, 1.82) is 0 Å². The van der Waals surface area contributed by atoms with Crippen molar-refractivity contribution in [2.75, 3.05) is 13.2 Å². The van der Waals surface area contributed by atoms with Gasteiger partial charge in [-0.2, -0.15) is 12.7 Å². The van der Waals surface area contributed by atoms with E-state index in [4.69, 9.17) is 13.7 Å². The van der Waals surface area contributed by atoms with E-state index in [2.05, 4.69) is 5.32 Å². The number of hydrogen-bond acceptors (Lipinski definition) is 7. The van der Waals surface area contributed by atoms with Crippen LogP contribution in [0.25, 0.3) is 0 Å². The Bertz CT molecular complexity index is 816. The molecule has 1 N–H and O–H groups in total. The second-order valence-electron chi connectivity index (χ2n) is 7.67. The first-order valence-corrected chi connectivity index (χ1v) is 10.1. The average Bonchev–Trinajstić information content (AvgIpc) is 2.78. The van der Waals surface area contributed by atoms with Crippen LogP contribution in [0.3, 0.4) is 0 Å². The number of nitrogens with one attached hydrogen (secondary N) is 1. The number of carbonyl (C=O) groups is 2. The summed E-state index contributed by atoms with van der Waals surface area (Å²) in [6.07, 6.45) is 0.519. The lowest BCUT2D eigenvalue weighted by molar-refractivity contribution is 0.0189. The summed E-state index contributed by atoms with van der Waals surface area (Å²) in [5.41, 5.74) is -2.23. The average molecular weight is 420 g/mol. The van der Waals surface area contributed by atoms with Crippen molar-refractivity contribution in [3.05, 3.63) is 23.7 Å². The van der Waals surface area contributed by atoms with Gasteiger partial charge in [0.2, 0.25) is 0 Å². The minimum absolute atomic E-state index is 0.0736. The number of amides is 2. The van der Waals surface area contributed by atoms with E-state index in [1.54, 1.807) is 27.7 Å². The van der Waals surface area contributed by atoms with Crippen LogP contribution in [0.4, 0.5) is 14.0 Å². The van der Waals surface area contributed by atoms with Crippen LogP contribution in [0.1, 0.15) is 41.0 Å². The summed E-state index contributed by atoms with van der Waals surface area (Å²) in [6.45, 7) is 7.48. The molecule has 2 aliphatic rings. The van der Waals surface area contributed by atoms with E-state index in [1.165, 1.54) is 13.0 Å². The Morgan fingerprint density at radius 3 is 2.61 bits per heavy atom. The molecule has 0 aromatic heterocycles. The number of halogens is 1. The van der Waals surface area contributed by atoms with E-state index in [1.807, 2.05) is 0 Å². The molecule has 2 amide bonds. The van der Waals surface area contributed by atoms with Gasteiger partial charge in [-0.1, -0.05) is 0 Å². The number of ether oxygens (including phenoxy) is 2. The zero-order valence-corrected chi connectivity index (χ0v) is 17.3. The molecule has 2 unspecified atom stereocenters. The van der Waals surface area contributed by atoms with Gasteiger partial charge in [-0.05, 0) is 53.2 Å². The van der Waals surface area contributed by atoms with Crippen LogP contribution in [0.2, 0.25) is 0 Å². The highest BCUT2D eigenvalue weighted by Crippen LogP contribution is 2.43. The monoisotopic (exact) mass is 420 g/mol. The molecule has 1 saturated heterocycles. The number of hydrogen-bond donors (Lipinski definition) is 1. The van der Waals surface area contributed by atoms with Crippen LogP contribution < -0.4 is 5.32 Å². The molecule has 0 aromatic carbocycles. The van der Waals surface area contributed by atoms with Crippen LogP contribution in [-0.4, -0.2) is 49.3 Å². The predicted octanol–water partition coefficient (Wildman–Crippen LogP) is 2.76. The van der Waals surface area contributed by atoms with E-state index in [-0.39, 0.29) is 13.0 Å². The first-order valence-electron chi connectivity index (χ1n) is 8.73. The number of allylic oxidation sites excluding steroid dienone is 3. The van der Waals surface area contributed by atoms with Gasteiger partial charge in [-0.25, -0.2) is 14.0 Å². The molecule has 1 fully saturated rings. The zero-order valence-electron chi connectivity index (χ0n) is 16.4. The minimum atomic E-state index is -4.45. The fourth-order valence-electron chi connectivity index (χ4n) is 3.00. The Hall–Kier alpha value is -2.14. The molecule has 11 heteroatoms. The maximum atomic E-state index is 14.7. The van der Waals surface area contributed by atoms with Gasteiger partial charge in [0.05, 0.1) is 18.8 Å². The van der Waals surface area contributed by atoms with Crippen molar-refractivity contribution >= 4 is 22.5 Å². The van der Waals surface area contributed by atoms with Gasteiger partial charge >= 0.3 is 22.5 Å². The van der Waals surface area contributed by atoms with Gasteiger partial charge in [-0.3, -0.25) is 9.50 Å². The summed E-state index contributed by atoms with van der Waals surface area (Å²) in [5, 5.41) is 2.48. The van der Waals surface area contributed by atoms with Gasteiger partial charge in [-0.15, -0.1) is 0 Å². The van der Waals surface area contributed by atoms with E-state index in [9.17, 15) is 22.4 Å². The Kier molecular flexibility index (Phi) is 6.10. The van der Waals surface area contributed by atoms with E-state index in [0.717, 1.165) is 6.08 Å². The van der Waals surface area contributed by atoms with Crippen molar-refractivity contribution < 1.29 is 36.1 Å². The van der Waals surface area contributed by atoms with E-state index in [0.29, 0.717) is 10.0 Å². The third-order valence-electron chi connectivity index (χ3n) is 4.24. The Balaban J connectivity index is 2.33. The molecule has 158 valence electrons. The molecule has 9 nitrogen and oxygen atoms in total. The van der Waals surface area contributed by atoms with Gasteiger partial charge in [0.15, 0.2) is 0 Å². The van der Waals surface area contributed by atoms with Crippen LogP contribution in [0.15, 0.2) is 23.7 Å². The third kappa shape index (κ3) is 4.64. The topological polar surface area (TPSA) is 111 Å². The molecule has 28 heavy (non-hydrogen) atoms. The highest BCUT2D eigenvalue weighted by atomic mass is 32.2. The highest BCUT2D eigenvalue weighted by molar-refractivity contribution is 7.85. The summed E-state index contributed by atoms with van der Waals surface area (Å²) >= 11 is 0. The molecule has 2 rings (SSSR count). The number of carbonyl (C=O) groups excluding carboxylic acids is 2. The second-order valence-corrected chi connectivity index (χ2v) is 9.12. The summed E-state index contributed by atoms with van der Waals surface area (Å²) in [4.78, 5) is 24.2. The largest absolute Gasteiger partial charge is 0.450 e. The normalized spacial score (nSPS) is 26.9. The van der Waals surface area contributed by atoms with Crippen LogP contribution in [-0.2, 0) is 24.0 Å². The number of rotatable bonds is 3. The van der Waals surface area contributed by atoms with Crippen LogP contribution in [0, 0.1) is 5.92 Å².